The molecule has 2 aromatic rings. The second-order valence-electron chi connectivity index (χ2n) is 4.81. The molecule has 0 spiro atoms. The van der Waals surface area contributed by atoms with Crippen molar-refractivity contribution in [1.82, 2.24) is 14.9 Å². The van der Waals surface area contributed by atoms with Crippen molar-refractivity contribution in [3.63, 3.8) is 0 Å². The van der Waals surface area contributed by atoms with E-state index in [0.717, 1.165) is 24.8 Å². The summed E-state index contributed by atoms with van der Waals surface area (Å²) in [4.78, 5) is 12.3. The van der Waals surface area contributed by atoms with Crippen LogP contribution in [0.25, 0.3) is 5.52 Å². The van der Waals surface area contributed by atoms with Crippen LogP contribution in [0.15, 0.2) is 30.6 Å². The monoisotopic (exact) mass is 263 g/mol. The molecule has 0 unspecified atom stereocenters. The van der Waals surface area contributed by atoms with E-state index in [1.54, 1.807) is 10.7 Å². The molecular weight excluding hydrogens is 250 g/mol. The molecule has 1 aliphatic carbocycles. The van der Waals surface area contributed by atoms with Gasteiger partial charge >= 0.3 is 0 Å². The fourth-order valence-electron chi connectivity index (χ4n) is 2.31. The molecule has 0 radical (unpaired) electrons. The minimum atomic E-state index is -0.207. The molecule has 0 aromatic carbocycles. The Morgan fingerprint density at radius 2 is 2.33 bits per heavy atom. The van der Waals surface area contributed by atoms with E-state index in [0.29, 0.717) is 11.4 Å². The number of amides is 1. The van der Waals surface area contributed by atoms with E-state index in [1.807, 2.05) is 24.4 Å². The Bertz CT molecular complexity index is 583. The van der Waals surface area contributed by atoms with Crippen molar-refractivity contribution in [3.05, 3.63) is 36.2 Å². The predicted octanol–water partition coefficient (Wildman–Crippen LogP) is 2.23. The van der Waals surface area contributed by atoms with Crippen molar-refractivity contribution >= 4 is 23.0 Å². The van der Waals surface area contributed by atoms with Crippen LogP contribution in [0.3, 0.4) is 0 Å². The average molecular weight is 264 g/mol. The number of halogens is 1. The summed E-state index contributed by atoms with van der Waals surface area (Å²) in [7, 11) is 0. The normalized spacial score (nSPS) is 17.4. The van der Waals surface area contributed by atoms with Crippen LogP contribution in [-0.2, 0) is 0 Å². The highest BCUT2D eigenvalue weighted by Crippen LogP contribution is 2.33. The van der Waals surface area contributed by atoms with Crippen molar-refractivity contribution in [2.45, 2.75) is 24.8 Å². The standard InChI is InChI=1S/C13H14ClN3O/c14-9-13(5-3-6-13)16-12(18)10-8-15-17-7-2-1-4-11(10)17/h1-2,4,7-8H,3,5-6,9H2,(H,16,18). The number of pyridine rings is 1. The van der Waals surface area contributed by atoms with E-state index in [1.165, 1.54) is 0 Å². The van der Waals surface area contributed by atoms with Crippen LogP contribution in [0, 0.1) is 0 Å². The quantitative estimate of drug-likeness (QED) is 0.863. The SMILES string of the molecule is O=C(NC1(CCl)CCC1)c1cnn2ccccc12. The summed E-state index contributed by atoms with van der Waals surface area (Å²) >= 11 is 5.95. The molecule has 0 saturated heterocycles. The summed E-state index contributed by atoms with van der Waals surface area (Å²) in [5.74, 6) is 0.384. The van der Waals surface area contributed by atoms with Gasteiger partial charge in [-0.2, -0.15) is 5.10 Å². The fraction of sp³-hybridized carbons (Fsp3) is 0.385. The van der Waals surface area contributed by atoms with Gasteiger partial charge in [-0.15, -0.1) is 11.6 Å². The van der Waals surface area contributed by atoms with Crippen molar-refractivity contribution in [2.24, 2.45) is 0 Å². The van der Waals surface area contributed by atoms with E-state index in [9.17, 15) is 4.79 Å². The van der Waals surface area contributed by atoms with E-state index in [4.69, 9.17) is 11.6 Å². The van der Waals surface area contributed by atoms with Crippen molar-refractivity contribution in [2.75, 3.05) is 5.88 Å². The number of alkyl halides is 1. The van der Waals surface area contributed by atoms with Gasteiger partial charge in [-0.05, 0) is 31.4 Å². The number of carbonyl (C=O) groups is 1. The van der Waals surface area contributed by atoms with E-state index in [-0.39, 0.29) is 11.4 Å². The highest BCUT2D eigenvalue weighted by Gasteiger charge is 2.38. The molecule has 2 heterocycles. The van der Waals surface area contributed by atoms with Crippen LogP contribution in [0.2, 0.25) is 0 Å². The van der Waals surface area contributed by atoms with Gasteiger partial charge in [-0.25, -0.2) is 4.52 Å². The first-order valence-corrected chi connectivity index (χ1v) is 6.58. The Kier molecular flexibility index (Phi) is 2.74. The van der Waals surface area contributed by atoms with E-state index < -0.39 is 0 Å². The lowest BCUT2D eigenvalue weighted by Gasteiger charge is -2.40. The van der Waals surface area contributed by atoms with Crippen molar-refractivity contribution in [3.8, 4) is 0 Å². The smallest absolute Gasteiger partial charge is 0.255 e. The Morgan fingerprint density at radius 1 is 1.50 bits per heavy atom. The molecule has 94 valence electrons. The van der Waals surface area contributed by atoms with Gasteiger partial charge in [0.25, 0.3) is 5.91 Å². The molecule has 1 saturated carbocycles. The third kappa shape index (κ3) is 1.77. The molecule has 0 bridgehead atoms. The maximum absolute atomic E-state index is 12.3. The lowest BCUT2D eigenvalue weighted by Crippen LogP contribution is -2.55. The number of fused-ring (bicyclic) bond motifs is 1. The van der Waals surface area contributed by atoms with Gasteiger partial charge in [0, 0.05) is 12.1 Å². The molecule has 1 N–H and O–H groups in total. The molecular formula is C13H14ClN3O. The average Bonchev–Trinajstić information content (AvgIpc) is 2.77. The van der Waals surface area contributed by atoms with Crippen LogP contribution in [0.1, 0.15) is 29.6 Å². The number of nitrogens with zero attached hydrogens (tertiary/aromatic N) is 2. The first-order chi connectivity index (χ1) is 8.74. The van der Waals surface area contributed by atoms with Gasteiger partial charge in [-0.1, -0.05) is 6.07 Å². The highest BCUT2D eigenvalue weighted by atomic mass is 35.5. The van der Waals surface area contributed by atoms with Gasteiger partial charge < -0.3 is 5.32 Å². The maximum Gasteiger partial charge on any atom is 0.255 e. The summed E-state index contributed by atoms with van der Waals surface area (Å²) in [5, 5.41) is 7.21. The summed E-state index contributed by atoms with van der Waals surface area (Å²) in [6.45, 7) is 0. The summed E-state index contributed by atoms with van der Waals surface area (Å²) in [5.41, 5.74) is 1.22. The zero-order valence-corrected chi connectivity index (χ0v) is 10.7. The summed E-state index contributed by atoms with van der Waals surface area (Å²) in [6.07, 6.45) is 6.47. The number of nitrogens with one attached hydrogen (secondary N) is 1. The Morgan fingerprint density at radius 3 is 3.00 bits per heavy atom. The zero-order valence-electron chi connectivity index (χ0n) is 9.90. The molecule has 1 aliphatic rings. The third-order valence-corrected chi connectivity index (χ3v) is 4.13. The van der Waals surface area contributed by atoms with Crippen LogP contribution in [0.5, 0.6) is 0 Å². The highest BCUT2D eigenvalue weighted by molar-refractivity contribution is 6.19. The molecule has 5 heteroatoms. The Hall–Kier alpha value is -1.55. The summed E-state index contributed by atoms with van der Waals surface area (Å²) in [6, 6.07) is 5.67. The third-order valence-electron chi connectivity index (χ3n) is 3.62. The van der Waals surface area contributed by atoms with Gasteiger partial charge in [0.1, 0.15) is 0 Å². The first-order valence-electron chi connectivity index (χ1n) is 6.05. The molecule has 1 amide bonds. The molecule has 0 atom stereocenters. The second kappa shape index (κ2) is 4.28. The van der Waals surface area contributed by atoms with Crippen molar-refractivity contribution in [1.29, 1.82) is 0 Å². The van der Waals surface area contributed by atoms with Crippen LogP contribution < -0.4 is 5.32 Å². The number of hydrogen-bond donors (Lipinski definition) is 1. The van der Waals surface area contributed by atoms with E-state index in [2.05, 4.69) is 10.4 Å². The molecule has 18 heavy (non-hydrogen) atoms. The molecule has 3 rings (SSSR count). The topological polar surface area (TPSA) is 46.4 Å². The molecule has 1 fully saturated rings. The Balaban J connectivity index is 1.88. The zero-order chi connectivity index (χ0) is 12.6. The van der Waals surface area contributed by atoms with Crippen molar-refractivity contribution < 1.29 is 4.79 Å². The molecule has 4 nitrogen and oxygen atoms in total. The van der Waals surface area contributed by atoms with Gasteiger partial charge in [-0.3, -0.25) is 4.79 Å². The van der Waals surface area contributed by atoms with Gasteiger partial charge in [0.05, 0.1) is 22.8 Å². The Labute approximate surface area is 110 Å². The predicted molar refractivity (Wildman–Crippen MR) is 70.0 cm³/mol. The van der Waals surface area contributed by atoms with Crippen LogP contribution >= 0.6 is 11.6 Å². The molecule has 0 aliphatic heterocycles. The minimum Gasteiger partial charge on any atom is -0.345 e. The maximum atomic E-state index is 12.3. The largest absolute Gasteiger partial charge is 0.345 e. The van der Waals surface area contributed by atoms with Gasteiger partial charge in [0.2, 0.25) is 0 Å². The number of rotatable bonds is 3. The summed E-state index contributed by atoms with van der Waals surface area (Å²) < 4.78 is 1.70. The number of carbonyl (C=O) groups excluding carboxylic acids is 1. The lowest BCUT2D eigenvalue weighted by molar-refractivity contribution is 0.0855. The number of aromatic nitrogens is 2. The number of hydrogen-bond acceptors (Lipinski definition) is 2. The van der Waals surface area contributed by atoms with Gasteiger partial charge in [0.15, 0.2) is 0 Å². The molecule has 2 aromatic heterocycles. The minimum absolute atomic E-state index is 0.0865. The van der Waals surface area contributed by atoms with E-state index >= 15 is 0 Å². The first kappa shape index (κ1) is 11.5. The second-order valence-corrected chi connectivity index (χ2v) is 5.08. The lowest BCUT2D eigenvalue weighted by atomic mass is 9.78. The fourth-order valence-corrected chi connectivity index (χ4v) is 2.65. The van der Waals surface area contributed by atoms with Crippen LogP contribution in [-0.4, -0.2) is 26.9 Å². The van der Waals surface area contributed by atoms with Crippen LogP contribution in [0.4, 0.5) is 0 Å².